The molecule has 5 nitrogen and oxygen atoms in total. The van der Waals surface area contributed by atoms with Gasteiger partial charge in [-0.2, -0.15) is 0 Å². The smallest absolute Gasteiger partial charge is 0.304 e. The van der Waals surface area contributed by atoms with Gasteiger partial charge in [0.25, 0.3) is 0 Å². The number of likely N-dealkylation sites (N-methyl/N-ethyl adjacent to an activating group) is 1. The summed E-state index contributed by atoms with van der Waals surface area (Å²) in [6, 6.07) is 0. The Kier molecular flexibility index (Phi) is 6.72. The molecule has 1 N–H and O–H groups in total. The molecule has 0 atom stereocenters. The summed E-state index contributed by atoms with van der Waals surface area (Å²) < 4.78 is 0. The number of aliphatic carboxylic acids is 1. The molecule has 0 bridgehead atoms. The van der Waals surface area contributed by atoms with E-state index in [1.807, 2.05) is 4.90 Å². The first-order chi connectivity index (χ1) is 8.59. The zero-order chi connectivity index (χ0) is 13.4. The molecule has 0 saturated carbocycles. The fourth-order valence-corrected chi connectivity index (χ4v) is 2.19. The number of carboxylic acids is 1. The van der Waals surface area contributed by atoms with Gasteiger partial charge in [0.15, 0.2) is 0 Å². The van der Waals surface area contributed by atoms with E-state index in [2.05, 4.69) is 0 Å². The van der Waals surface area contributed by atoms with E-state index < -0.39 is 5.97 Å². The van der Waals surface area contributed by atoms with Crippen LogP contribution < -0.4 is 0 Å². The molecule has 1 aliphatic heterocycles. The summed E-state index contributed by atoms with van der Waals surface area (Å²) >= 11 is 0. The van der Waals surface area contributed by atoms with E-state index in [1.54, 1.807) is 11.9 Å². The highest BCUT2D eigenvalue weighted by Crippen LogP contribution is 2.10. The summed E-state index contributed by atoms with van der Waals surface area (Å²) in [7, 11) is 1.80. The second-order valence-electron chi connectivity index (χ2n) is 5.03. The molecule has 0 aromatic rings. The molecule has 0 radical (unpaired) electrons. The van der Waals surface area contributed by atoms with Crippen LogP contribution in [0.5, 0.6) is 0 Å². The van der Waals surface area contributed by atoms with Crippen LogP contribution >= 0.6 is 0 Å². The fraction of sp³-hybridized carbons (Fsp3) is 0.846. The van der Waals surface area contributed by atoms with E-state index in [1.165, 1.54) is 19.3 Å². The lowest BCUT2D eigenvalue weighted by Crippen LogP contribution is -2.41. The van der Waals surface area contributed by atoms with E-state index in [4.69, 9.17) is 5.11 Å². The molecule has 1 aliphatic rings. The molecular weight excluding hydrogens is 232 g/mol. The van der Waals surface area contributed by atoms with Crippen LogP contribution in [0.1, 0.15) is 38.5 Å². The van der Waals surface area contributed by atoms with Crippen LogP contribution in [0.2, 0.25) is 0 Å². The fourth-order valence-electron chi connectivity index (χ4n) is 2.19. The third-order valence-corrected chi connectivity index (χ3v) is 3.32. The number of likely N-dealkylation sites (tertiary alicyclic amines) is 1. The van der Waals surface area contributed by atoms with Crippen molar-refractivity contribution >= 4 is 11.9 Å². The highest BCUT2D eigenvalue weighted by molar-refractivity contribution is 5.78. The lowest BCUT2D eigenvalue weighted by atomic mass is 10.1. The van der Waals surface area contributed by atoms with E-state index in [-0.39, 0.29) is 12.3 Å². The second kappa shape index (κ2) is 8.08. The number of nitrogens with zero attached hydrogens (tertiary/aromatic N) is 2. The second-order valence-corrected chi connectivity index (χ2v) is 5.03. The normalized spacial score (nSPS) is 17.3. The van der Waals surface area contributed by atoms with Crippen molar-refractivity contribution in [2.24, 2.45) is 0 Å². The predicted molar refractivity (Wildman–Crippen MR) is 69.4 cm³/mol. The van der Waals surface area contributed by atoms with Crippen molar-refractivity contribution < 1.29 is 14.7 Å². The van der Waals surface area contributed by atoms with Crippen LogP contribution in [0, 0.1) is 0 Å². The summed E-state index contributed by atoms with van der Waals surface area (Å²) in [6.45, 7) is 2.46. The number of carbonyl (C=O) groups is 2. The standard InChI is InChI=1S/C13H24N2O3/c1-14(10-7-13(17)18)11-12(16)15-8-5-3-2-4-6-9-15/h2-11H2,1H3,(H,17,18). The molecule has 5 heteroatoms. The van der Waals surface area contributed by atoms with E-state index in [0.29, 0.717) is 13.1 Å². The summed E-state index contributed by atoms with van der Waals surface area (Å²) in [4.78, 5) is 26.2. The van der Waals surface area contributed by atoms with Crippen LogP contribution in [0.15, 0.2) is 0 Å². The minimum atomic E-state index is -0.819. The molecule has 0 aromatic carbocycles. The largest absolute Gasteiger partial charge is 0.481 e. The Bertz CT molecular complexity index is 273. The molecule has 1 rings (SSSR count). The number of hydrogen-bond donors (Lipinski definition) is 1. The molecule has 1 heterocycles. The lowest BCUT2D eigenvalue weighted by Gasteiger charge is -2.27. The minimum Gasteiger partial charge on any atom is -0.481 e. The molecule has 104 valence electrons. The Balaban J connectivity index is 2.30. The highest BCUT2D eigenvalue weighted by Gasteiger charge is 2.16. The van der Waals surface area contributed by atoms with Gasteiger partial charge in [-0.05, 0) is 19.9 Å². The van der Waals surface area contributed by atoms with Crippen LogP contribution in [0.25, 0.3) is 0 Å². The maximum absolute atomic E-state index is 12.1. The van der Waals surface area contributed by atoms with Crippen molar-refractivity contribution in [1.82, 2.24) is 9.80 Å². The Morgan fingerprint density at radius 2 is 1.67 bits per heavy atom. The summed E-state index contributed by atoms with van der Waals surface area (Å²) in [6.07, 6.45) is 5.96. The number of carboxylic acid groups (broad SMARTS) is 1. The van der Waals surface area contributed by atoms with Gasteiger partial charge in [-0.15, -0.1) is 0 Å². The third-order valence-electron chi connectivity index (χ3n) is 3.32. The molecule has 1 amide bonds. The van der Waals surface area contributed by atoms with Gasteiger partial charge in [-0.25, -0.2) is 0 Å². The minimum absolute atomic E-state index is 0.0871. The molecule has 0 unspecified atom stereocenters. The van der Waals surface area contributed by atoms with E-state index in [9.17, 15) is 9.59 Å². The number of rotatable bonds is 5. The number of carbonyl (C=O) groups excluding carboxylic acids is 1. The summed E-state index contributed by atoms with van der Waals surface area (Å²) in [5.41, 5.74) is 0. The van der Waals surface area contributed by atoms with Crippen molar-refractivity contribution in [3.63, 3.8) is 0 Å². The third kappa shape index (κ3) is 6.00. The average molecular weight is 256 g/mol. The monoisotopic (exact) mass is 256 g/mol. The number of amides is 1. The Labute approximate surface area is 109 Å². The van der Waals surface area contributed by atoms with Gasteiger partial charge in [0, 0.05) is 19.6 Å². The Morgan fingerprint density at radius 1 is 1.11 bits per heavy atom. The van der Waals surface area contributed by atoms with Crippen LogP contribution in [0.3, 0.4) is 0 Å². The Hall–Kier alpha value is -1.10. The molecule has 0 aromatic heterocycles. The quantitative estimate of drug-likeness (QED) is 0.802. The molecule has 18 heavy (non-hydrogen) atoms. The first-order valence-corrected chi connectivity index (χ1v) is 6.77. The van der Waals surface area contributed by atoms with Gasteiger partial charge < -0.3 is 10.0 Å². The SMILES string of the molecule is CN(CCC(=O)O)CC(=O)N1CCCCCCC1. The van der Waals surface area contributed by atoms with Gasteiger partial charge in [-0.1, -0.05) is 19.3 Å². The molecule has 1 saturated heterocycles. The van der Waals surface area contributed by atoms with E-state index >= 15 is 0 Å². The molecule has 1 fully saturated rings. The average Bonchev–Trinajstić information content (AvgIpc) is 2.25. The van der Waals surface area contributed by atoms with Crippen LogP contribution in [0.4, 0.5) is 0 Å². The van der Waals surface area contributed by atoms with E-state index in [0.717, 1.165) is 25.9 Å². The lowest BCUT2D eigenvalue weighted by molar-refractivity contribution is -0.138. The highest BCUT2D eigenvalue weighted by atomic mass is 16.4. The van der Waals surface area contributed by atoms with Gasteiger partial charge >= 0.3 is 5.97 Å². The van der Waals surface area contributed by atoms with Crippen molar-refractivity contribution in [3.8, 4) is 0 Å². The van der Waals surface area contributed by atoms with Gasteiger partial charge in [0.1, 0.15) is 0 Å². The maximum atomic E-state index is 12.1. The van der Waals surface area contributed by atoms with Gasteiger partial charge in [0.2, 0.25) is 5.91 Å². The first-order valence-electron chi connectivity index (χ1n) is 6.77. The summed E-state index contributed by atoms with van der Waals surface area (Å²) in [5.74, 6) is -0.689. The molecular formula is C13H24N2O3. The molecule has 0 aliphatic carbocycles. The van der Waals surface area contributed by atoms with Crippen LogP contribution in [-0.4, -0.2) is 60.0 Å². The zero-order valence-corrected chi connectivity index (χ0v) is 11.2. The van der Waals surface area contributed by atoms with Gasteiger partial charge in [-0.3, -0.25) is 14.5 Å². The van der Waals surface area contributed by atoms with Crippen molar-refractivity contribution in [2.45, 2.75) is 38.5 Å². The zero-order valence-electron chi connectivity index (χ0n) is 11.2. The maximum Gasteiger partial charge on any atom is 0.304 e. The van der Waals surface area contributed by atoms with Crippen molar-refractivity contribution in [3.05, 3.63) is 0 Å². The number of hydrogen-bond acceptors (Lipinski definition) is 3. The van der Waals surface area contributed by atoms with Crippen LogP contribution in [-0.2, 0) is 9.59 Å². The van der Waals surface area contributed by atoms with Crippen molar-refractivity contribution in [2.75, 3.05) is 33.2 Å². The van der Waals surface area contributed by atoms with Gasteiger partial charge in [0.05, 0.1) is 13.0 Å². The predicted octanol–water partition coefficient (Wildman–Crippen LogP) is 1.19. The molecule has 0 spiro atoms. The first kappa shape index (κ1) is 15.0. The summed E-state index contributed by atoms with van der Waals surface area (Å²) in [5, 5.41) is 8.59. The van der Waals surface area contributed by atoms with Crippen molar-refractivity contribution in [1.29, 1.82) is 0 Å². The Morgan fingerprint density at radius 3 is 2.22 bits per heavy atom. The topological polar surface area (TPSA) is 60.9 Å².